The predicted molar refractivity (Wildman–Crippen MR) is 111 cm³/mol. The van der Waals surface area contributed by atoms with Gasteiger partial charge in [0.25, 0.3) is 11.8 Å². The maximum absolute atomic E-state index is 14.2. The van der Waals surface area contributed by atoms with Gasteiger partial charge in [-0.25, -0.2) is 14.1 Å². The van der Waals surface area contributed by atoms with E-state index in [1.165, 1.54) is 25.1 Å². The molecule has 1 N–H and O–H groups in total. The third-order valence-corrected chi connectivity index (χ3v) is 4.24. The number of amides is 3. The lowest BCUT2D eigenvalue weighted by atomic mass is 10.1. The van der Waals surface area contributed by atoms with Crippen LogP contribution in [0.4, 0.5) is 14.9 Å². The Bertz CT molecular complexity index is 910. The molecule has 6 nitrogen and oxygen atoms in total. The van der Waals surface area contributed by atoms with Crippen molar-refractivity contribution in [2.24, 2.45) is 0 Å². The Morgan fingerprint density at radius 2 is 1.66 bits per heavy atom. The minimum atomic E-state index is -1.09. The van der Waals surface area contributed by atoms with E-state index in [0.29, 0.717) is 0 Å². The van der Waals surface area contributed by atoms with Crippen molar-refractivity contribution in [2.45, 2.75) is 39.3 Å². The molecule has 1 unspecified atom stereocenters. The summed E-state index contributed by atoms with van der Waals surface area (Å²) in [6.07, 6.45) is -0.799. The highest BCUT2D eigenvalue weighted by Gasteiger charge is 2.31. The van der Waals surface area contributed by atoms with Crippen LogP contribution in [-0.4, -0.2) is 29.6 Å². The van der Waals surface area contributed by atoms with Crippen molar-refractivity contribution < 1.29 is 23.5 Å². The molecular formula is C21H22BrFN2O4. The van der Waals surface area contributed by atoms with Gasteiger partial charge in [-0.1, -0.05) is 28.1 Å². The van der Waals surface area contributed by atoms with Crippen LogP contribution >= 0.6 is 15.9 Å². The molecule has 0 aliphatic heterocycles. The van der Waals surface area contributed by atoms with Gasteiger partial charge in [-0.3, -0.25) is 9.59 Å². The maximum Gasteiger partial charge on any atom is 0.408 e. The van der Waals surface area contributed by atoms with E-state index in [1.807, 2.05) is 0 Å². The molecule has 154 valence electrons. The second-order valence-electron chi connectivity index (χ2n) is 7.30. The molecule has 0 saturated heterocycles. The Morgan fingerprint density at radius 3 is 2.21 bits per heavy atom. The van der Waals surface area contributed by atoms with Crippen molar-refractivity contribution in [1.29, 1.82) is 0 Å². The number of alkyl carbamates (subject to hydrolysis) is 1. The average molecular weight is 465 g/mol. The van der Waals surface area contributed by atoms with Crippen LogP contribution < -0.4 is 10.2 Å². The molecule has 0 heterocycles. The minimum Gasteiger partial charge on any atom is -0.444 e. The first-order chi connectivity index (χ1) is 13.5. The Kier molecular flexibility index (Phi) is 7.13. The number of benzene rings is 2. The van der Waals surface area contributed by atoms with Crippen LogP contribution in [0.2, 0.25) is 0 Å². The summed E-state index contributed by atoms with van der Waals surface area (Å²) in [5.74, 6) is -2.32. The lowest BCUT2D eigenvalue weighted by Crippen LogP contribution is -2.50. The summed E-state index contributed by atoms with van der Waals surface area (Å²) in [7, 11) is 0. The van der Waals surface area contributed by atoms with Crippen molar-refractivity contribution in [3.05, 3.63) is 64.4 Å². The third-order valence-electron chi connectivity index (χ3n) is 3.72. The van der Waals surface area contributed by atoms with Crippen molar-refractivity contribution in [1.82, 2.24) is 5.32 Å². The van der Waals surface area contributed by atoms with Crippen LogP contribution in [-0.2, 0) is 9.53 Å². The van der Waals surface area contributed by atoms with Crippen molar-refractivity contribution in [3.8, 4) is 0 Å². The summed E-state index contributed by atoms with van der Waals surface area (Å²) in [5, 5.41) is 2.41. The summed E-state index contributed by atoms with van der Waals surface area (Å²) < 4.78 is 20.1. The number of ether oxygens (including phenoxy) is 1. The van der Waals surface area contributed by atoms with Crippen molar-refractivity contribution in [3.63, 3.8) is 0 Å². The molecule has 8 heteroatoms. The van der Waals surface area contributed by atoms with Gasteiger partial charge < -0.3 is 10.1 Å². The SMILES string of the molecule is CC(NC(=O)OC(C)(C)C)C(=O)N(C(=O)c1ccccc1F)c1ccc(Br)cc1. The number of carbonyl (C=O) groups is 3. The quantitative estimate of drug-likeness (QED) is 0.712. The topological polar surface area (TPSA) is 75.7 Å². The largest absolute Gasteiger partial charge is 0.444 e. The minimum absolute atomic E-state index is 0.240. The molecule has 3 amide bonds. The smallest absolute Gasteiger partial charge is 0.408 e. The number of carbonyl (C=O) groups excluding carboxylic acids is 3. The van der Waals surface area contributed by atoms with Gasteiger partial charge in [-0.15, -0.1) is 0 Å². The molecule has 0 saturated carbocycles. The van der Waals surface area contributed by atoms with Gasteiger partial charge in [0.2, 0.25) is 0 Å². The first-order valence-corrected chi connectivity index (χ1v) is 9.67. The Labute approximate surface area is 177 Å². The Balaban J connectivity index is 2.35. The third kappa shape index (κ3) is 6.12. The van der Waals surface area contributed by atoms with Crippen LogP contribution in [0.25, 0.3) is 0 Å². The highest BCUT2D eigenvalue weighted by molar-refractivity contribution is 9.10. The molecule has 0 aromatic heterocycles. The summed E-state index contributed by atoms with van der Waals surface area (Å²) in [6, 6.07) is 10.7. The van der Waals surface area contributed by atoms with Gasteiger partial charge >= 0.3 is 6.09 Å². The first-order valence-electron chi connectivity index (χ1n) is 8.87. The summed E-state index contributed by atoms with van der Waals surface area (Å²) >= 11 is 3.29. The van der Waals surface area contributed by atoms with E-state index in [2.05, 4.69) is 21.2 Å². The van der Waals surface area contributed by atoms with E-state index >= 15 is 0 Å². The Morgan fingerprint density at radius 1 is 1.07 bits per heavy atom. The fraction of sp³-hybridized carbons (Fsp3) is 0.286. The number of nitrogens with one attached hydrogen (secondary N) is 1. The second-order valence-corrected chi connectivity index (χ2v) is 8.22. The summed E-state index contributed by atoms with van der Waals surface area (Å²) in [4.78, 5) is 38.9. The lowest BCUT2D eigenvalue weighted by molar-refractivity contribution is -0.119. The summed E-state index contributed by atoms with van der Waals surface area (Å²) in [6.45, 7) is 6.49. The zero-order valence-corrected chi connectivity index (χ0v) is 18.1. The highest BCUT2D eigenvalue weighted by Crippen LogP contribution is 2.22. The van der Waals surface area contributed by atoms with Crippen LogP contribution in [0, 0.1) is 5.82 Å². The molecule has 2 aromatic carbocycles. The molecular weight excluding hydrogens is 443 g/mol. The molecule has 29 heavy (non-hydrogen) atoms. The van der Waals surface area contributed by atoms with Gasteiger partial charge in [0, 0.05) is 4.47 Å². The van der Waals surface area contributed by atoms with E-state index in [1.54, 1.807) is 45.0 Å². The first kappa shape index (κ1) is 22.5. The standard InChI is InChI=1S/C21H22BrFN2O4/c1-13(24-20(28)29-21(2,3)4)18(26)25(15-11-9-14(22)10-12-15)19(27)16-7-5-6-8-17(16)23/h5-13H,1-4H3,(H,24,28). The predicted octanol–water partition coefficient (Wildman–Crippen LogP) is 4.67. The number of anilines is 1. The zero-order chi connectivity index (χ0) is 21.8. The molecule has 0 aliphatic carbocycles. The molecule has 0 aliphatic rings. The molecule has 1 atom stereocenters. The van der Waals surface area contributed by atoms with Crippen molar-refractivity contribution in [2.75, 3.05) is 4.90 Å². The summed E-state index contributed by atoms with van der Waals surface area (Å²) in [5.41, 5.74) is -0.765. The molecule has 0 bridgehead atoms. The van der Waals surface area contributed by atoms with Gasteiger partial charge in [0.15, 0.2) is 0 Å². The van der Waals surface area contributed by atoms with Gasteiger partial charge in [-0.2, -0.15) is 0 Å². The van der Waals surface area contributed by atoms with Gasteiger partial charge in [-0.05, 0) is 64.1 Å². The van der Waals surface area contributed by atoms with E-state index in [-0.39, 0.29) is 11.3 Å². The highest BCUT2D eigenvalue weighted by atomic mass is 79.9. The molecule has 0 radical (unpaired) electrons. The van der Waals surface area contributed by atoms with E-state index in [9.17, 15) is 18.8 Å². The molecule has 2 aromatic rings. The van der Waals surface area contributed by atoms with E-state index in [0.717, 1.165) is 15.4 Å². The Hall–Kier alpha value is -2.74. The van der Waals surface area contributed by atoms with Crippen LogP contribution in [0.5, 0.6) is 0 Å². The zero-order valence-electron chi connectivity index (χ0n) is 16.5. The van der Waals surface area contributed by atoms with E-state index < -0.39 is 35.4 Å². The van der Waals surface area contributed by atoms with Gasteiger partial charge in [0.1, 0.15) is 17.5 Å². The fourth-order valence-corrected chi connectivity index (χ4v) is 2.69. The van der Waals surface area contributed by atoms with Gasteiger partial charge in [0.05, 0.1) is 11.3 Å². The number of hydrogen-bond acceptors (Lipinski definition) is 4. The average Bonchev–Trinajstić information content (AvgIpc) is 2.62. The molecule has 0 spiro atoms. The number of nitrogens with zero attached hydrogens (tertiary/aromatic N) is 1. The van der Waals surface area contributed by atoms with Crippen LogP contribution in [0.1, 0.15) is 38.1 Å². The molecule has 0 fully saturated rings. The van der Waals surface area contributed by atoms with Crippen LogP contribution in [0.3, 0.4) is 0 Å². The van der Waals surface area contributed by atoms with Crippen LogP contribution in [0.15, 0.2) is 53.0 Å². The fourth-order valence-electron chi connectivity index (χ4n) is 2.43. The lowest BCUT2D eigenvalue weighted by Gasteiger charge is -2.26. The monoisotopic (exact) mass is 464 g/mol. The number of rotatable bonds is 4. The maximum atomic E-state index is 14.2. The number of halogens is 2. The normalized spacial score (nSPS) is 12.1. The van der Waals surface area contributed by atoms with E-state index in [4.69, 9.17) is 4.74 Å². The molecule has 2 rings (SSSR count). The number of imide groups is 1. The van der Waals surface area contributed by atoms with Crippen molar-refractivity contribution >= 4 is 39.5 Å². The second kappa shape index (κ2) is 9.17. The number of hydrogen-bond donors (Lipinski definition) is 1.